The molecule has 14 nitrogen and oxygen atoms in total. The van der Waals surface area contributed by atoms with Crippen LogP contribution < -0.4 is 24.6 Å². The number of nitriles is 1. The lowest BCUT2D eigenvalue weighted by molar-refractivity contribution is -0.164. The SMILES string of the molecule is COc1cc(OC2C(C)(C)C(NC(=O)c3ccc(N4CC(N5CCC6(CCC(n7nc(N8CCCc9cc(-c%10cnn(C)c%10)c(C(F)F)cc98)c8c7CCN(C(C)=O)C8)CC6)CC5)C4)cc3)C2(C)C)ccc1C#N. The molecule has 4 fully saturated rings. The van der Waals surface area contributed by atoms with Crippen molar-refractivity contribution in [3.63, 3.8) is 0 Å². The molecule has 11 rings (SSSR count). The Morgan fingerprint density at radius 2 is 1.64 bits per heavy atom. The van der Waals surface area contributed by atoms with Crippen LogP contribution in [0.1, 0.15) is 130 Å². The van der Waals surface area contributed by atoms with Crippen molar-refractivity contribution < 1.29 is 27.8 Å². The highest BCUT2D eigenvalue weighted by molar-refractivity contribution is 5.95. The van der Waals surface area contributed by atoms with Gasteiger partial charge in [-0.15, -0.1) is 0 Å². The Labute approximate surface area is 433 Å². The number of nitrogens with one attached hydrogen (secondary N) is 1. The van der Waals surface area contributed by atoms with Crippen molar-refractivity contribution in [1.82, 2.24) is 34.7 Å². The van der Waals surface area contributed by atoms with Crippen LogP contribution in [0.25, 0.3) is 11.1 Å². The zero-order valence-electron chi connectivity index (χ0n) is 44.0. The van der Waals surface area contributed by atoms with Gasteiger partial charge in [0.2, 0.25) is 5.91 Å². The second-order valence-electron chi connectivity index (χ2n) is 23.3. The van der Waals surface area contributed by atoms with E-state index in [2.05, 4.69) is 75.7 Å². The first-order valence-corrected chi connectivity index (χ1v) is 26.7. The molecule has 4 aliphatic heterocycles. The number of halogens is 2. The highest BCUT2D eigenvalue weighted by Gasteiger charge is 2.64. The third kappa shape index (κ3) is 8.76. The average molecular weight is 1010 g/mol. The summed E-state index contributed by atoms with van der Waals surface area (Å²) in [6.45, 7) is 16.1. The van der Waals surface area contributed by atoms with Crippen LogP contribution in [-0.4, -0.2) is 106 Å². The van der Waals surface area contributed by atoms with E-state index < -0.39 is 6.43 Å². The molecule has 2 aliphatic carbocycles. The summed E-state index contributed by atoms with van der Waals surface area (Å²) in [6, 6.07) is 19.7. The molecule has 2 aromatic heterocycles. The maximum absolute atomic E-state index is 14.8. The number of benzene rings is 3. The van der Waals surface area contributed by atoms with E-state index in [0.29, 0.717) is 64.8 Å². The monoisotopic (exact) mass is 1010 g/mol. The van der Waals surface area contributed by atoms with E-state index in [1.165, 1.54) is 18.5 Å². The van der Waals surface area contributed by atoms with E-state index in [0.717, 1.165) is 99.4 Å². The van der Waals surface area contributed by atoms with Crippen molar-refractivity contribution in [2.24, 2.45) is 23.3 Å². The van der Waals surface area contributed by atoms with Crippen molar-refractivity contribution in [1.29, 1.82) is 5.26 Å². The minimum absolute atomic E-state index is 0.00102. The van der Waals surface area contributed by atoms with Gasteiger partial charge in [0.05, 0.1) is 31.5 Å². The van der Waals surface area contributed by atoms with Gasteiger partial charge >= 0.3 is 0 Å². The highest BCUT2D eigenvalue weighted by Crippen LogP contribution is 2.56. The number of anilines is 3. The van der Waals surface area contributed by atoms with Gasteiger partial charge in [-0.1, -0.05) is 27.7 Å². The molecule has 6 heterocycles. The second kappa shape index (κ2) is 19.0. The van der Waals surface area contributed by atoms with Gasteiger partial charge in [-0.3, -0.25) is 23.9 Å². The van der Waals surface area contributed by atoms with Crippen molar-refractivity contribution in [2.75, 3.05) is 56.2 Å². The predicted octanol–water partition coefficient (Wildman–Crippen LogP) is 9.79. The number of amides is 2. The largest absolute Gasteiger partial charge is 0.495 e. The first-order chi connectivity index (χ1) is 35.5. The summed E-state index contributed by atoms with van der Waals surface area (Å²) in [5, 5.41) is 22.4. The normalized spacial score (nSPS) is 22.4. The summed E-state index contributed by atoms with van der Waals surface area (Å²) >= 11 is 0. The molecule has 1 N–H and O–H groups in total. The molecule has 0 atom stereocenters. The number of aromatic nitrogens is 4. The maximum atomic E-state index is 14.8. The molecule has 0 unspecified atom stereocenters. The lowest BCUT2D eigenvalue weighted by Crippen LogP contribution is -2.74. The number of methoxy groups -OCH3 is 1. The van der Waals surface area contributed by atoms with Crippen LogP contribution in [0.2, 0.25) is 0 Å². The van der Waals surface area contributed by atoms with Gasteiger partial charge in [0, 0.05) is 121 Å². The standard InChI is InChI=1S/C58H70F2N10O4/c1-36(71)67-24-18-48-47(35-67)52(69-23-8-9-38-27-45(40-31-62-65(6)32-40)46(51(59)60)29-49(38)69)64-70(48)42-16-19-58(20-17-42)21-25-66(26-22-58)43-33-68(34-43)41-13-10-37(11-14-41)53(72)63-54-56(2,3)55(57(54,4)5)74-44-15-12-39(30-61)50(28-44)73-7/h10-15,27-29,31-32,42-43,51,54-55H,8-9,16-26,33-35H2,1-7H3,(H,63,72). The molecule has 5 aromatic rings. The zero-order chi connectivity index (χ0) is 51.8. The first-order valence-electron chi connectivity index (χ1n) is 26.7. The topological polar surface area (TPSA) is 137 Å². The summed E-state index contributed by atoms with van der Waals surface area (Å²) in [6.07, 6.45) is 9.82. The van der Waals surface area contributed by atoms with Crippen LogP contribution in [0.4, 0.5) is 26.0 Å². The number of piperidine rings is 1. The molecule has 0 radical (unpaired) electrons. The lowest BCUT2D eigenvalue weighted by Gasteiger charge is -2.63. The van der Waals surface area contributed by atoms with E-state index in [1.54, 1.807) is 62.4 Å². The Bertz CT molecular complexity index is 2970. The number of ether oxygens (including phenoxy) is 2. The highest BCUT2D eigenvalue weighted by atomic mass is 19.3. The number of fused-ring (bicyclic) bond motifs is 2. The molecule has 390 valence electrons. The molecule has 2 saturated carbocycles. The average Bonchev–Trinajstić information content (AvgIpc) is 4.01. The van der Waals surface area contributed by atoms with Gasteiger partial charge in [0.15, 0.2) is 5.82 Å². The molecule has 2 saturated heterocycles. The number of aryl methyl sites for hydroxylation is 2. The van der Waals surface area contributed by atoms with Crippen LogP contribution in [0, 0.1) is 27.6 Å². The molecular formula is C58H70F2N10O4. The number of carbonyl (C=O) groups is 2. The van der Waals surface area contributed by atoms with Crippen molar-refractivity contribution in [3.8, 4) is 28.7 Å². The molecular weight excluding hydrogens is 939 g/mol. The fourth-order valence-electron chi connectivity index (χ4n) is 14.1. The fraction of sp³-hybridized carbons (Fsp3) is 0.534. The van der Waals surface area contributed by atoms with Crippen LogP contribution >= 0.6 is 0 Å². The number of nitrogens with zero attached hydrogens (tertiary/aromatic N) is 9. The molecule has 16 heteroatoms. The molecule has 3 aromatic carbocycles. The van der Waals surface area contributed by atoms with Crippen LogP contribution in [0.5, 0.6) is 11.5 Å². The Morgan fingerprint density at radius 3 is 2.28 bits per heavy atom. The van der Waals surface area contributed by atoms with Gasteiger partial charge in [-0.25, -0.2) is 8.78 Å². The third-order valence-corrected chi connectivity index (χ3v) is 18.1. The van der Waals surface area contributed by atoms with Crippen LogP contribution in [0.15, 0.2) is 67.0 Å². The second-order valence-corrected chi connectivity index (χ2v) is 23.3. The smallest absolute Gasteiger partial charge is 0.264 e. The maximum Gasteiger partial charge on any atom is 0.264 e. The number of alkyl halides is 2. The number of carbonyl (C=O) groups excluding carboxylic acids is 2. The van der Waals surface area contributed by atoms with E-state index >= 15 is 0 Å². The van der Waals surface area contributed by atoms with Gasteiger partial charge in [0.25, 0.3) is 12.3 Å². The molecule has 2 amide bonds. The summed E-state index contributed by atoms with van der Waals surface area (Å²) in [5.74, 6) is 1.86. The summed E-state index contributed by atoms with van der Waals surface area (Å²) in [7, 11) is 3.34. The molecule has 6 aliphatic rings. The zero-order valence-corrected chi connectivity index (χ0v) is 44.0. The predicted molar refractivity (Wildman–Crippen MR) is 280 cm³/mol. The number of likely N-dealkylation sites (tertiary alicyclic amines) is 1. The van der Waals surface area contributed by atoms with Crippen molar-refractivity contribution in [3.05, 3.63) is 101 Å². The van der Waals surface area contributed by atoms with E-state index in [-0.39, 0.29) is 46.4 Å². The van der Waals surface area contributed by atoms with Crippen LogP contribution in [-0.2, 0) is 31.2 Å². The lowest BCUT2D eigenvalue weighted by atomic mass is 9.49. The molecule has 1 spiro atoms. The van der Waals surface area contributed by atoms with Crippen molar-refractivity contribution in [2.45, 2.75) is 130 Å². The van der Waals surface area contributed by atoms with E-state index in [9.17, 15) is 23.6 Å². The van der Waals surface area contributed by atoms with Gasteiger partial charge in [0.1, 0.15) is 23.7 Å². The summed E-state index contributed by atoms with van der Waals surface area (Å²) in [4.78, 5) is 35.6. The minimum Gasteiger partial charge on any atom is -0.495 e. The summed E-state index contributed by atoms with van der Waals surface area (Å²) in [5.41, 5.74) is 7.13. The summed E-state index contributed by atoms with van der Waals surface area (Å²) < 4.78 is 45.5. The van der Waals surface area contributed by atoms with Crippen molar-refractivity contribution >= 4 is 29.0 Å². The number of hydrogen-bond acceptors (Lipinski definition) is 10. The van der Waals surface area contributed by atoms with Gasteiger partial charge in [-0.05, 0) is 130 Å². The third-order valence-electron chi connectivity index (χ3n) is 18.1. The van der Waals surface area contributed by atoms with Gasteiger partial charge in [-0.2, -0.15) is 15.5 Å². The Kier molecular flexibility index (Phi) is 12.8. The first kappa shape index (κ1) is 49.7. The van der Waals surface area contributed by atoms with E-state index in [4.69, 9.17) is 14.6 Å². The Balaban J connectivity index is 0.694. The molecule has 0 bridgehead atoms. The fourth-order valence-corrected chi connectivity index (χ4v) is 14.1. The van der Waals surface area contributed by atoms with E-state index in [1.807, 2.05) is 23.1 Å². The van der Waals surface area contributed by atoms with Gasteiger partial charge < -0.3 is 29.5 Å². The van der Waals surface area contributed by atoms with Crippen LogP contribution in [0.3, 0.4) is 0 Å². The Hall–Kier alpha value is -6.47. The number of rotatable bonds is 11. The number of hydrogen-bond donors (Lipinski definition) is 1. The molecule has 74 heavy (non-hydrogen) atoms. The quantitative estimate of drug-likeness (QED) is 0.136. The Morgan fingerprint density at radius 1 is 0.905 bits per heavy atom. The minimum atomic E-state index is -2.65.